The Morgan fingerprint density at radius 1 is 0.412 bits per heavy atom. The van der Waals surface area contributed by atoms with E-state index in [4.69, 9.17) is 17.1 Å². The standard InChI is InChI=1S/C42H84O6Si3/c1-9-11-13-15-17-19-21-23-25-27-29-31-33-35-37-39-41(43)45-51(8,48-50(6,7)47-49(3,4)5)46-42(44)40-38-36-34-32-30-28-26-24-22-20-18-16-14-12-10-2/h23-26H,9-22,27-40H2,1-8H3/b25-23-,26-24-. The van der Waals surface area contributed by atoms with Crippen molar-refractivity contribution in [2.75, 3.05) is 0 Å². The third-order valence-corrected chi connectivity index (χ3v) is 17.9. The normalized spacial score (nSPS) is 12.7. The topological polar surface area (TPSA) is 71.1 Å². The maximum Gasteiger partial charge on any atom is 0.623 e. The second-order valence-electron chi connectivity index (χ2n) is 16.2. The minimum Gasteiger partial charge on any atom is -0.465 e. The molecule has 6 nitrogen and oxygen atoms in total. The molecule has 9 heteroatoms. The van der Waals surface area contributed by atoms with Crippen molar-refractivity contribution in [3.63, 3.8) is 0 Å². The van der Waals surface area contributed by atoms with Crippen LogP contribution in [0.5, 0.6) is 0 Å². The van der Waals surface area contributed by atoms with Crippen LogP contribution in [0, 0.1) is 0 Å². The van der Waals surface area contributed by atoms with Crippen LogP contribution >= 0.6 is 0 Å². The number of carbonyl (C=O) groups excluding carboxylic acids is 2. The van der Waals surface area contributed by atoms with Crippen molar-refractivity contribution < 1.29 is 26.7 Å². The summed E-state index contributed by atoms with van der Waals surface area (Å²) in [5.74, 6) is -0.679. The number of rotatable bonds is 36. The molecule has 0 unspecified atom stereocenters. The Balaban J connectivity index is 4.44. The van der Waals surface area contributed by atoms with Crippen LogP contribution in [0.3, 0.4) is 0 Å². The maximum atomic E-state index is 13.0. The van der Waals surface area contributed by atoms with Crippen LogP contribution in [-0.4, -0.2) is 37.6 Å². The van der Waals surface area contributed by atoms with Crippen molar-refractivity contribution in [2.45, 2.75) is 233 Å². The Hall–Kier alpha value is -1.01. The van der Waals surface area contributed by atoms with Crippen molar-refractivity contribution in [1.29, 1.82) is 0 Å². The molecule has 0 aromatic rings. The molecule has 0 spiro atoms. The summed E-state index contributed by atoms with van der Waals surface area (Å²) in [6, 6.07) is 0. The first-order valence-electron chi connectivity index (χ1n) is 21.5. The fourth-order valence-electron chi connectivity index (χ4n) is 6.46. The van der Waals surface area contributed by atoms with Gasteiger partial charge in [0.05, 0.1) is 0 Å². The molecule has 0 rings (SSSR count). The van der Waals surface area contributed by atoms with Crippen LogP contribution in [0.1, 0.15) is 194 Å². The number of hydrogen-bond acceptors (Lipinski definition) is 6. The third-order valence-electron chi connectivity index (χ3n) is 8.87. The second-order valence-corrected chi connectivity index (χ2v) is 27.0. The lowest BCUT2D eigenvalue weighted by molar-refractivity contribution is -0.144. The highest BCUT2D eigenvalue weighted by Crippen LogP contribution is 2.24. The lowest BCUT2D eigenvalue weighted by atomic mass is 10.1. The van der Waals surface area contributed by atoms with Crippen molar-refractivity contribution in [3.05, 3.63) is 24.3 Å². The van der Waals surface area contributed by atoms with E-state index in [9.17, 15) is 9.59 Å². The Kier molecular flexibility index (Phi) is 31.8. The predicted octanol–water partition coefficient (Wildman–Crippen LogP) is 14.3. The van der Waals surface area contributed by atoms with Crippen LogP contribution < -0.4 is 0 Å². The van der Waals surface area contributed by atoms with Gasteiger partial charge in [-0.3, -0.25) is 9.59 Å². The van der Waals surface area contributed by atoms with Gasteiger partial charge in [0, 0.05) is 19.4 Å². The van der Waals surface area contributed by atoms with Gasteiger partial charge >= 0.3 is 17.4 Å². The molecule has 0 aromatic heterocycles. The zero-order valence-corrected chi connectivity index (χ0v) is 38.1. The molecule has 0 atom stereocenters. The number of hydrogen-bond donors (Lipinski definition) is 0. The van der Waals surface area contributed by atoms with Gasteiger partial charge in [0.2, 0.25) is 0 Å². The Bertz CT molecular complexity index is 846. The molecule has 300 valence electrons. The largest absolute Gasteiger partial charge is 0.623 e. The van der Waals surface area contributed by atoms with Gasteiger partial charge in [0.25, 0.3) is 11.9 Å². The molecule has 0 heterocycles. The Labute approximate surface area is 320 Å². The highest BCUT2D eigenvalue weighted by Gasteiger charge is 2.50. The third kappa shape index (κ3) is 35.8. The molecule has 51 heavy (non-hydrogen) atoms. The van der Waals surface area contributed by atoms with Crippen LogP contribution in [0.2, 0.25) is 39.3 Å². The smallest absolute Gasteiger partial charge is 0.465 e. The molecule has 0 aliphatic carbocycles. The molecule has 0 N–H and O–H groups in total. The molecular formula is C42H84O6Si3. The first-order valence-corrected chi connectivity index (χ1v) is 29.9. The minimum atomic E-state index is -3.58. The van der Waals surface area contributed by atoms with Gasteiger partial charge in [-0.1, -0.05) is 141 Å². The minimum absolute atomic E-state index is 0.312. The average Bonchev–Trinajstić information content (AvgIpc) is 3.03. The summed E-state index contributed by atoms with van der Waals surface area (Å²) in [4.78, 5) is 25.9. The van der Waals surface area contributed by atoms with Crippen LogP contribution in [0.25, 0.3) is 0 Å². The van der Waals surface area contributed by atoms with E-state index in [1.54, 1.807) is 6.55 Å². The molecule has 0 aliphatic heterocycles. The van der Waals surface area contributed by atoms with E-state index in [0.29, 0.717) is 12.8 Å². The molecular weight excluding hydrogens is 685 g/mol. The summed E-state index contributed by atoms with van der Waals surface area (Å²) in [7, 11) is -8.20. The number of carbonyl (C=O) groups is 2. The van der Waals surface area contributed by atoms with Crippen LogP contribution in [0.4, 0.5) is 0 Å². The quantitative estimate of drug-likeness (QED) is 0.0359. The summed E-state index contributed by atoms with van der Waals surface area (Å²) in [5, 5.41) is 0. The van der Waals surface area contributed by atoms with E-state index in [2.05, 4.69) is 57.8 Å². The van der Waals surface area contributed by atoms with Gasteiger partial charge in [-0.2, -0.15) is 0 Å². The van der Waals surface area contributed by atoms with Crippen LogP contribution in [-0.2, 0) is 26.7 Å². The lowest BCUT2D eigenvalue weighted by Crippen LogP contribution is -2.56. The van der Waals surface area contributed by atoms with Crippen molar-refractivity contribution in [2.24, 2.45) is 0 Å². The van der Waals surface area contributed by atoms with Gasteiger partial charge in [-0.15, -0.1) is 0 Å². The highest BCUT2D eigenvalue weighted by atomic mass is 28.5. The van der Waals surface area contributed by atoms with Gasteiger partial charge in [0.15, 0.2) is 8.32 Å². The molecule has 0 bridgehead atoms. The van der Waals surface area contributed by atoms with Crippen molar-refractivity contribution in [3.8, 4) is 0 Å². The van der Waals surface area contributed by atoms with E-state index in [0.717, 1.165) is 51.4 Å². The summed E-state index contributed by atoms with van der Waals surface area (Å²) in [6.07, 6.45) is 41.4. The summed E-state index contributed by atoms with van der Waals surface area (Å²) in [5.41, 5.74) is 0. The van der Waals surface area contributed by atoms with Gasteiger partial charge in [-0.05, 0) is 96.9 Å². The van der Waals surface area contributed by atoms with Crippen molar-refractivity contribution >= 4 is 37.6 Å². The molecule has 0 saturated carbocycles. The van der Waals surface area contributed by atoms with Gasteiger partial charge in [-0.25, -0.2) is 0 Å². The Morgan fingerprint density at radius 2 is 0.706 bits per heavy atom. The Morgan fingerprint density at radius 3 is 1.02 bits per heavy atom. The van der Waals surface area contributed by atoms with Gasteiger partial charge in [0.1, 0.15) is 0 Å². The molecule has 0 saturated heterocycles. The average molecular weight is 769 g/mol. The molecule has 0 aromatic carbocycles. The second kappa shape index (κ2) is 32.4. The number of unbranched alkanes of at least 4 members (excludes halogenated alkanes) is 22. The fourth-order valence-corrected chi connectivity index (χ4v) is 17.9. The maximum absolute atomic E-state index is 13.0. The van der Waals surface area contributed by atoms with Crippen LogP contribution in [0.15, 0.2) is 24.3 Å². The predicted molar refractivity (Wildman–Crippen MR) is 226 cm³/mol. The van der Waals surface area contributed by atoms with E-state index >= 15 is 0 Å². The summed E-state index contributed by atoms with van der Waals surface area (Å²) in [6.45, 7) is 16.5. The molecule has 0 amide bonds. The lowest BCUT2D eigenvalue weighted by Gasteiger charge is -2.36. The monoisotopic (exact) mass is 769 g/mol. The zero-order chi connectivity index (χ0) is 38.1. The molecule has 0 radical (unpaired) electrons. The number of allylic oxidation sites excluding steroid dienone is 4. The first kappa shape index (κ1) is 50.0. The summed E-state index contributed by atoms with van der Waals surface area (Å²) < 4.78 is 24.5. The van der Waals surface area contributed by atoms with E-state index in [1.165, 1.54) is 116 Å². The first-order chi connectivity index (χ1) is 24.3. The highest BCUT2D eigenvalue weighted by molar-refractivity contribution is 6.85. The summed E-state index contributed by atoms with van der Waals surface area (Å²) >= 11 is 0. The van der Waals surface area contributed by atoms with E-state index in [-0.39, 0.29) is 11.9 Å². The zero-order valence-electron chi connectivity index (χ0n) is 35.1. The van der Waals surface area contributed by atoms with E-state index in [1.807, 2.05) is 13.1 Å². The van der Waals surface area contributed by atoms with Crippen molar-refractivity contribution in [1.82, 2.24) is 0 Å². The SMILES string of the molecule is CCCCCCCC/C=C\CCCCCCCC(=O)O[Si](C)(OC(=O)CCCCCCC/C=C\CCCCCCCC)O[Si](C)(C)O[Si](C)(C)C. The van der Waals surface area contributed by atoms with Gasteiger partial charge < -0.3 is 17.1 Å². The van der Waals surface area contributed by atoms with E-state index < -0.39 is 25.7 Å². The molecule has 0 fully saturated rings. The fraction of sp³-hybridized carbons (Fsp3) is 0.857. The molecule has 0 aliphatic rings.